The van der Waals surface area contributed by atoms with Crippen molar-refractivity contribution in [3.8, 4) is 0 Å². The van der Waals surface area contributed by atoms with Crippen LogP contribution in [0.1, 0.15) is 46.0 Å². The van der Waals surface area contributed by atoms with E-state index in [2.05, 4.69) is 13.8 Å². The second kappa shape index (κ2) is 2.96. The number of hydrogen-bond donors (Lipinski definition) is 0. The Balaban J connectivity index is 1.96. The predicted molar refractivity (Wildman–Crippen MR) is 60.4 cm³/mol. The minimum Gasteiger partial charge on any atom is -0.298 e. The lowest BCUT2D eigenvalue weighted by molar-refractivity contribution is -0.105. The molecule has 0 heterocycles. The van der Waals surface area contributed by atoms with Crippen LogP contribution < -0.4 is 0 Å². The van der Waals surface area contributed by atoms with Crippen molar-refractivity contribution in [1.29, 1.82) is 0 Å². The summed E-state index contributed by atoms with van der Waals surface area (Å²) in [6, 6.07) is 0. The van der Waals surface area contributed by atoms with Crippen LogP contribution in [0.2, 0.25) is 0 Å². The fourth-order valence-electron chi connectivity index (χ4n) is 4.21. The molecule has 2 saturated carbocycles. The number of rotatable bonds is 1. The van der Waals surface area contributed by atoms with E-state index in [4.69, 9.17) is 0 Å². The Labute approximate surface area is 91.9 Å². The van der Waals surface area contributed by atoms with Gasteiger partial charge in [-0.1, -0.05) is 19.4 Å². The van der Waals surface area contributed by atoms with Crippen molar-refractivity contribution in [3.63, 3.8) is 0 Å². The highest BCUT2D eigenvalue weighted by Gasteiger charge is 2.47. The average Bonchev–Trinajstić information content (AvgIpc) is 2.43. The summed E-state index contributed by atoms with van der Waals surface area (Å²) in [5.74, 6) is 2.22. The molecule has 1 heteroatoms. The number of fused-ring (bicyclic) bond motifs is 2. The van der Waals surface area contributed by atoms with Gasteiger partial charge in [-0.15, -0.1) is 0 Å². The van der Waals surface area contributed by atoms with Gasteiger partial charge in [0.2, 0.25) is 0 Å². The maximum Gasteiger partial charge on any atom is 0.146 e. The molecule has 0 aromatic rings. The van der Waals surface area contributed by atoms with E-state index >= 15 is 0 Å². The molecule has 0 saturated heterocycles. The molecule has 3 rings (SSSR count). The second-order valence-electron chi connectivity index (χ2n) is 6.51. The molecule has 0 bridgehead atoms. The molecule has 0 N–H and O–H groups in total. The molecule has 0 aromatic carbocycles. The van der Waals surface area contributed by atoms with Crippen LogP contribution in [0.5, 0.6) is 0 Å². The zero-order chi connectivity index (χ0) is 10.6. The maximum atomic E-state index is 11.2. The maximum absolute atomic E-state index is 11.2. The molecule has 1 unspecified atom stereocenters. The zero-order valence-corrected chi connectivity index (χ0v) is 9.75. The fourth-order valence-corrected chi connectivity index (χ4v) is 4.21. The fraction of sp³-hybridized carbons (Fsp3) is 0.786. The minimum atomic E-state index is 0.466. The third-order valence-electron chi connectivity index (χ3n) is 4.90. The van der Waals surface area contributed by atoms with Crippen molar-refractivity contribution in [1.82, 2.24) is 0 Å². The summed E-state index contributed by atoms with van der Waals surface area (Å²) < 4.78 is 0. The molecule has 0 amide bonds. The summed E-state index contributed by atoms with van der Waals surface area (Å²) in [7, 11) is 0. The lowest BCUT2D eigenvalue weighted by atomic mass is 9.63. The lowest BCUT2D eigenvalue weighted by Crippen LogP contribution is -2.31. The molecular weight excluding hydrogens is 184 g/mol. The molecule has 3 aliphatic rings. The summed E-state index contributed by atoms with van der Waals surface area (Å²) in [5, 5.41) is 0. The van der Waals surface area contributed by atoms with E-state index in [0.29, 0.717) is 11.3 Å². The van der Waals surface area contributed by atoms with Crippen LogP contribution in [0.25, 0.3) is 0 Å². The lowest BCUT2D eigenvalue weighted by Gasteiger charge is -2.41. The number of carbonyl (C=O) groups excluding carboxylic acids is 1. The van der Waals surface area contributed by atoms with Crippen molar-refractivity contribution in [2.75, 3.05) is 0 Å². The highest BCUT2D eigenvalue weighted by molar-refractivity contribution is 5.77. The molecule has 3 atom stereocenters. The second-order valence-corrected chi connectivity index (χ2v) is 6.51. The van der Waals surface area contributed by atoms with Crippen LogP contribution in [-0.4, -0.2) is 6.29 Å². The van der Waals surface area contributed by atoms with Gasteiger partial charge in [0.05, 0.1) is 0 Å². The van der Waals surface area contributed by atoms with Gasteiger partial charge in [0, 0.05) is 0 Å². The van der Waals surface area contributed by atoms with Gasteiger partial charge in [-0.3, -0.25) is 4.79 Å². The third kappa shape index (κ3) is 1.32. The van der Waals surface area contributed by atoms with E-state index in [0.717, 1.165) is 11.8 Å². The first-order chi connectivity index (χ1) is 7.11. The van der Waals surface area contributed by atoms with Crippen LogP contribution in [0.3, 0.4) is 0 Å². The molecule has 0 radical (unpaired) electrons. The van der Waals surface area contributed by atoms with Gasteiger partial charge in [0.15, 0.2) is 0 Å². The molecule has 15 heavy (non-hydrogen) atoms. The van der Waals surface area contributed by atoms with Gasteiger partial charge in [-0.2, -0.15) is 0 Å². The number of aldehydes is 1. The Hall–Kier alpha value is -0.590. The molecule has 0 spiro atoms. The molecule has 1 nitrogen and oxygen atoms in total. The average molecular weight is 204 g/mol. The normalized spacial score (nSPS) is 41.9. The van der Waals surface area contributed by atoms with Crippen LogP contribution in [-0.2, 0) is 4.79 Å². The van der Waals surface area contributed by atoms with Crippen molar-refractivity contribution in [2.45, 2.75) is 46.0 Å². The number of carbonyl (C=O) groups is 1. The van der Waals surface area contributed by atoms with Crippen molar-refractivity contribution in [2.24, 2.45) is 23.2 Å². The zero-order valence-electron chi connectivity index (χ0n) is 9.75. The van der Waals surface area contributed by atoms with Gasteiger partial charge in [-0.05, 0) is 60.8 Å². The smallest absolute Gasteiger partial charge is 0.146 e. The number of hydrogen-bond acceptors (Lipinski definition) is 1. The van der Waals surface area contributed by atoms with Crippen LogP contribution in [0.15, 0.2) is 11.1 Å². The summed E-state index contributed by atoms with van der Waals surface area (Å²) in [6.07, 6.45) is 7.68. The first-order valence-electron chi connectivity index (χ1n) is 6.29. The van der Waals surface area contributed by atoms with Crippen molar-refractivity contribution >= 4 is 6.29 Å². The standard InChI is InChI=1S/C14H20O/c1-14(2)6-10-5-9-3-4-11(9)13(8-15)12(10)7-14/h8-10,12H,3-7H2,1-2H3/t9?,10-,12+/m0/s1. The summed E-state index contributed by atoms with van der Waals surface area (Å²) >= 11 is 0. The Kier molecular flexibility index (Phi) is 1.90. The highest BCUT2D eigenvalue weighted by atomic mass is 16.1. The van der Waals surface area contributed by atoms with E-state index in [-0.39, 0.29) is 0 Å². The summed E-state index contributed by atoms with van der Waals surface area (Å²) in [5.41, 5.74) is 3.21. The summed E-state index contributed by atoms with van der Waals surface area (Å²) in [6.45, 7) is 4.72. The van der Waals surface area contributed by atoms with Gasteiger partial charge in [-0.25, -0.2) is 0 Å². The van der Waals surface area contributed by atoms with E-state index in [1.54, 1.807) is 0 Å². The van der Waals surface area contributed by atoms with E-state index in [9.17, 15) is 4.79 Å². The molecular formula is C14H20O. The van der Waals surface area contributed by atoms with Crippen LogP contribution in [0, 0.1) is 23.2 Å². The van der Waals surface area contributed by atoms with Gasteiger partial charge in [0.1, 0.15) is 6.29 Å². The Morgan fingerprint density at radius 2 is 2.13 bits per heavy atom. The molecule has 0 aromatic heterocycles. The molecule has 82 valence electrons. The highest BCUT2D eigenvalue weighted by Crippen LogP contribution is 2.57. The van der Waals surface area contributed by atoms with Crippen LogP contribution in [0.4, 0.5) is 0 Å². The predicted octanol–water partition coefficient (Wildman–Crippen LogP) is 3.35. The van der Waals surface area contributed by atoms with E-state index < -0.39 is 0 Å². The third-order valence-corrected chi connectivity index (χ3v) is 4.90. The monoisotopic (exact) mass is 204 g/mol. The topological polar surface area (TPSA) is 17.1 Å². The quantitative estimate of drug-likeness (QED) is 0.599. The van der Waals surface area contributed by atoms with E-state index in [1.807, 2.05) is 0 Å². The summed E-state index contributed by atoms with van der Waals surface area (Å²) in [4.78, 5) is 11.2. The molecule has 3 aliphatic carbocycles. The molecule has 0 aliphatic heterocycles. The first-order valence-corrected chi connectivity index (χ1v) is 6.29. The SMILES string of the molecule is CC1(C)C[C@@H]2CC3CCC3=C(C=O)[C@@H]2C1. The van der Waals surface area contributed by atoms with Crippen molar-refractivity contribution < 1.29 is 4.79 Å². The van der Waals surface area contributed by atoms with Gasteiger partial charge < -0.3 is 0 Å². The largest absolute Gasteiger partial charge is 0.298 e. The van der Waals surface area contributed by atoms with Gasteiger partial charge >= 0.3 is 0 Å². The Morgan fingerprint density at radius 1 is 1.33 bits per heavy atom. The van der Waals surface area contributed by atoms with E-state index in [1.165, 1.54) is 49.5 Å². The minimum absolute atomic E-state index is 0.466. The number of allylic oxidation sites excluding steroid dienone is 2. The van der Waals surface area contributed by atoms with Crippen molar-refractivity contribution in [3.05, 3.63) is 11.1 Å². The Morgan fingerprint density at radius 3 is 2.73 bits per heavy atom. The van der Waals surface area contributed by atoms with Crippen LogP contribution >= 0.6 is 0 Å². The Bertz CT molecular complexity index is 337. The molecule has 2 fully saturated rings. The van der Waals surface area contributed by atoms with Gasteiger partial charge in [0.25, 0.3) is 0 Å². The first kappa shape index (κ1) is 9.62.